The third kappa shape index (κ3) is 2.68. The molecule has 126 valence electrons. The molecule has 2 aliphatic heterocycles. The molecule has 1 amide bonds. The van der Waals surface area contributed by atoms with Crippen LogP contribution in [-0.4, -0.2) is 36.9 Å². The first-order valence-corrected chi connectivity index (χ1v) is 8.46. The summed E-state index contributed by atoms with van der Waals surface area (Å²) in [6.07, 6.45) is 1.10. The van der Waals surface area contributed by atoms with Gasteiger partial charge in [0.05, 0.1) is 12.7 Å². The summed E-state index contributed by atoms with van der Waals surface area (Å²) in [6.45, 7) is 2.75. The van der Waals surface area contributed by atoms with Gasteiger partial charge in [0.25, 0.3) is 5.91 Å². The average Bonchev–Trinajstić information content (AvgIpc) is 2.79. The van der Waals surface area contributed by atoms with Gasteiger partial charge in [-0.1, -0.05) is 5.92 Å². The molecule has 1 aromatic carbocycles. The van der Waals surface area contributed by atoms with Crippen LogP contribution in [-0.2, 0) is 9.53 Å². The lowest BCUT2D eigenvalue weighted by atomic mass is 9.88. The van der Waals surface area contributed by atoms with Crippen LogP contribution >= 0.6 is 15.9 Å². The maximum atomic E-state index is 12.6. The molecule has 0 unspecified atom stereocenters. The topological polar surface area (TPSA) is 67.8 Å². The number of aliphatic hydroxyl groups is 1. The van der Waals surface area contributed by atoms with Crippen molar-refractivity contribution in [3.8, 4) is 17.6 Å². The number of hydrogen-bond acceptors (Lipinski definition) is 4. The first-order valence-electron chi connectivity index (χ1n) is 7.67. The van der Waals surface area contributed by atoms with Gasteiger partial charge in [-0.3, -0.25) is 4.79 Å². The lowest BCUT2D eigenvalue weighted by molar-refractivity contribution is -0.117. The number of hydrogen-bond donors (Lipinski definition) is 2. The second kappa shape index (κ2) is 6.50. The fraction of sp³-hybridized carbons (Fsp3) is 0.389. The van der Waals surface area contributed by atoms with E-state index >= 15 is 0 Å². The van der Waals surface area contributed by atoms with Crippen molar-refractivity contribution in [1.29, 1.82) is 0 Å². The largest absolute Gasteiger partial charge is 0.509 e. The van der Waals surface area contributed by atoms with Crippen LogP contribution in [0.3, 0.4) is 0 Å². The van der Waals surface area contributed by atoms with Crippen molar-refractivity contribution in [3.05, 3.63) is 33.5 Å². The lowest BCUT2D eigenvalue weighted by Crippen LogP contribution is -2.48. The fourth-order valence-electron chi connectivity index (χ4n) is 3.20. The molecule has 1 saturated heterocycles. The van der Waals surface area contributed by atoms with E-state index in [0.717, 1.165) is 5.56 Å². The fourth-order valence-corrected chi connectivity index (χ4v) is 3.84. The van der Waals surface area contributed by atoms with E-state index in [2.05, 4.69) is 33.1 Å². The number of methoxy groups -OCH3 is 1. The summed E-state index contributed by atoms with van der Waals surface area (Å²) in [4.78, 5) is 12.6. The number of carbonyl (C=O) groups is 1. The third-order valence-electron chi connectivity index (χ3n) is 4.41. The lowest BCUT2D eigenvalue weighted by Gasteiger charge is -2.33. The van der Waals surface area contributed by atoms with Gasteiger partial charge in [0.2, 0.25) is 0 Å². The van der Waals surface area contributed by atoms with Crippen molar-refractivity contribution in [2.75, 3.05) is 20.3 Å². The Labute approximate surface area is 149 Å². The standard InChI is InChI=1S/C18H18BrNO4/c1-3-4-11-9-12(19)14(13(10-11)23-2)15-16(21)18(20-17(15)22)5-7-24-8-6-18/h9-10,21H,5-8H2,1-2H3,(H,20,22). The molecular formula is C18H18BrNO4. The van der Waals surface area contributed by atoms with E-state index in [1.807, 2.05) is 6.07 Å². The summed E-state index contributed by atoms with van der Waals surface area (Å²) >= 11 is 3.49. The molecule has 0 saturated carbocycles. The van der Waals surface area contributed by atoms with Crippen molar-refractivity contribution in [2.24, 2.45) is 0 Å². The number of benzene rings is 1. The Morgan fingerprint density at radius 1 is 1.38 bits per heavy atom. The number of amides is 1. The van der Waals surface area contributed by atoms with Crippen molar-refractivity contribution >= 4 is 27.4 Å². The maximum Gasteiger partial charge on any atom is 0.256 e. The van der Waals surface area contributed by atoms with E-state index in [0.29, 0.717) is 41.8 Å². The van der Waals surface area contributed by atoms with E-state index < -0.39 is 5.54 Å². The predicted octanol–water partition coefficient (Wildman–Crippen LogP) is 2.78. The van der Waals surface area contributed by atoms with Gasteiger partial charge in [0.15, 0.2) is 0 Å². The molecule has 1 fully saturated rings. The van der Waals surface area contributed by atoms with E-state index in [9.17, 15) is 9.90 Å². The zero-order valence-corrected chi connectivity index (χ0v) is 15.1. The van der Waals surface area contributed by atoms with Crippen LogP contribution in [0.1, 0.15) is 30.9 Å². The predicted molar refractivity (Wildman–Crippen MR) is 93.7 cm³/mol. The van der Waals surface area contributed by atoms with Crippen molar-refractivity contribution < 1.29 is 19.4 Å². The summed E-state index contributed by atoms with van der Waals surface area (Å²) < 4.78 is 11.5. The van der Waals surface area contributed by atoms with Gasteiger partial charge in [0, 0.05) is 41.7 Å². The number of aliphatic hydroxyl groups excluding tert-OH is 1. The monoisotopic (exact) mass is 391 g/mol. The molecule has 1 aromatic rings. The highest BCUT2D eigenvalue weighted by molar-refractivity contribution is 9.10. The number of ether oxygens (including phenoxy) is 2. The molecule has 3 rings (SSSR count). The molecule has 0 atom stereocenters. The zero-order valence-electron chi connectivity index (χ0n) is 13.5. The first-order chi connectivity index (χ1) is 11.5. The maximum absolute atomic E-state index is 12.6. The van der Waals surface area contributed by atoms with Crippen LogP contribution in [0, 0.1) is 11.8 Å². The number of rotatable bonds is 2. The Morgan fingerprint density at radius 3 is 2.71 bits per heavy atom. The van der Waals surface area contributed by atoms with Gasteiger partial charge >= 0.3 is 0 Å². The Balaban J connectivity index is 2.16. The average molecular weight is 392 g/mol. The summed E-state index contributed by atoms with van der Waals surface area (Å²) in [5.74, 6) is 6.04. The highest BCUT2D eigenvalue weighted by Crippen LogP contribution is 2.43. The minimum absolute atomic E-state index is 0.0594. The van der Waals surface area contributed by atoms with Crippen molar-refractivity contribution in [1.82, 2.24) is 5.32 Å². The molecule has 2 aliphatic rings. The summed E-state index contributed by atoms with van der Waals surface area (Å²) in [5, 5.41) is 13.8. The van der Waals surface area contributed by atoms with E-state index in [1.54, 1.807) is 13.0 Å². The molecule has 0 aliphatic carbocycles. The van der Waals surface area contributed by atoms with Crippen LogP contribution in [0.2, 0.25) is 0 Å². The Kier molecular flexibility index (Phi) is 4.57. The number of nitrogens with one attached hydrogen (secondary N) is 1. The Morgan fingerprint density at radius 2 is 2.08 bits per heavy atom. The Bertz CT molecular complexity index is 782. The molecule has 0 radical (unpaired) electrons. The van der Waals surface area contributed by atoms with Crippen molar-refractivity contribution in [2.45, 2.75) is 25.3 Å². The summed E-state index contributed by atoms with van der Waals surface area (Å²) in [5.41, 5.74) is 0.815. The molecule has 2 heterocycles. The van der Waals surface area contributed by atoms with Gasteiger partial charge in [0.1, 0.15) is 17.0 Å². The minimum Gasteiger partial charge on any atom is -0.509 e. The van der Waals surface area contributed by atoms with E-state index in [1.165, 1.54) is 7.11 Å². The quantitative estimate of drug-likeness (QED) is 0.760. The minimum atomic E-state index is -0.739. The van der Waals surface area contributed by atoms with Gasteiger partial charge in [-0.05, 0) is 35.0 Å². The van der Waals surface area contributed by atoms with Gasteiger partial charge < -0.3 is 19.9 Å². The molecule has 0 bridgehead atoms. The van der Waals surface area contributed by atoms with Crippen LogP contribution in [0.5, 0.6) is 5.75 Å². The molecule has 1 spiro atoms. The molecule has 24 heavy (non-hydrogen) atoms. The molecule has 5 nitrogen and oxygen atoms in total. The Hall–Kier alpha value is -1.97. The molecule has 2 N–H and O–H groups in total. The van der Waals surface area contributed by atoms with Crippen LogP contribution in [0.4, 0.5) is 0 Å². The van der Waals surface area contributed by atoms with E-state index in [4.69, 9.17) is 9.47 Å². The van der Waals surface area contributed by atoms with Crippen LogP contribution in [0.25, 0.3) is 5.57 Å². The molecular weight excluding hydrogens is 374 g/mol. The number of carbonyl (C=O) groups excluding carboxylic acids is 1. The van der Waals surface area contributed by atoms with Crippen molar-refractivity contribution in [3.63, 3.8) is 0 Å². The van der Waals surface area contributed by atoms with E-state index in [-0.39, 0.29) is 17.2 Å². The third-order valence-corrected chi connectivity index (χ3v) is 5.04. The number of halogens is 1. The van der Waals surface area contributed by atoms with Crippen LogP contribution in [0.15, 0.2) is 22.4 Å². The summed E-state index contributed by atoms with van der Waals surface area (Å²) in [6, 6.07) is 3.58. The second-order valence-corrected chi connectivity index (χ2v) is 6.64. The molecule has 6 heteroatoms. The molecule has 0 aromatic heterocycles. The van der Waals surface area contributed by atoms with Gasteiger partial charge in [-0.25, -0.2) is 0 Å². The zero-order chi connectivity index (χ0) is 17.3. The van der Waals surface area contributed by atoms with Crippen LogP contribution < -0.4 is 10.1 Å². The van der Waals surface area contributed by atoms with Gasteiger partial charge in [-0.15, -0.1) is 5.92 Å². The highest BCUT2D eigenvalue weighted by Gasteiger charge is 2.47. The van der Waals surface area contributed by atoms with Gasteiger partial charge in [-0.2, -0.15) is 0 Å². The SMILES string of the molecule is CC#Cc1cc(Br)c(C2=C(O)C3(CCOCC3)NC2=O)c(OC)c1. The second-order valence-electron chi connectivity index (χ2n) is 5.78. The first kappa shape index (κ1) is 16.9. The summed E-state index contributed by atoms with van der Waals surface area (Å²) in [7, 11) is 1.53. The highest BCUT2D eigenvalue weighted by atomic mass is 79.9. The normalized spacial score (nSPS) is 19.0. The smallest absolute Gasteiger partial charge is 0.256 e.